The summed E-state index contributed by atoms with van der Waals surface area (Å²) in [5.41, 5.74) is 6.29. The SMILES string of the molecule is Cc1nc(N)sc1C(=O)N1CCCCC1CCC(=O)O. The van der Waals surface area contributed by atoms with Crippen LogP contribution in [0.1, 0.15) is 47.5 Å². The number of nitrogen functional groups attached to an aromatic ring is 1. The fourth-order valence-electron chi connectivity index (χ4n) is 2.60. The summed E-state index contributed by atoms with van der Waals surface area (Å²) in [6.07, 6.45) is 3.47. The largest absolute Gasteiger partial charge is 0.481 e. The first kappa shape index (κ1) is 14.8. The van der Waals surface area contributed by atoms with E-state index in [9.17, 15) is 9.59 Å². The third-order valence-corrected chi connectivity index (χ3v) is 4.56. The number of hydrogen-bond acceptors (Lipinski definition) is 5. The van der Waals surface area contributed by atoms with Gasteiger partial charge in [-0.05, 0) is 32.6 Å². The summed E-state index contributed by atoms with van der Waals surface area (Å²) in [5.74, 6) is -0.882. The molecule has 1 aliphatic rings. The smallest absolute Gasteiger partial charge is 0.303 e. The molecular weight excluding hydrogens is 278 g/mol. The maximum Gasteiger partial charge on any atom is 0.303 e. The summed E-state index contributed by atoms with van der Waals surface area (Å²) in [5, 5.41) is 9.20. The summed E-state index contributed by atoms with van der Waals surface area (Å²) >= 11 is 1.20. The number of piperidine rings is 1. The molecule has 0 spiro atoms. The topological polar surface area (TPSA) is 96.5 Å². The molecule has 0 bridgehead atoms. The predicted octanol–water partition coefficient (Wildman–Crippen LogP) is 1.89. The Morgan fingerprint density at radius 1 is 1.50 bits per heavy atom. The minimum absolute atomic E-state index is 0.00933. The number of nitrogens with two attached hydrogens (primary N) is 1. The molecule has 1 saturated heterocycles. The molecule has 3 N–H and O–H groups in total. The molecule has 0 saturated carbocycles. The third-order valence-electron chi connectivity index (χ3n) is 3.59. The van der Waals surface area contributed by atoms with E-state index in [4.69, 9.17) is 10.8 Å². The van der Waals surface area contributed by atoms with Crippen molar-refractivity contribution in [1.82, 2.24) is 9.88 Å². The van der Waals surface area contributed by atoms with Crippen LogP contribution in [-0.2, 0) is 4.79 Å². The van der Waals surface area contributed by atoms with E-state index in [1.165, 1.54) is 11.3 Å². The molecule has 2 rings (SSSR count). The number of carbonyl (C=O) groups is 2. The minimum Gasteiger partial charge on any atom is -0.481 e. The summed E-state index contributed by atoms with van der Waals surface area (Å²) < 4.78 is 0. The van der Waals surface area contributed by atoms with Crippen molar-refractivity contribution in [3.05, 3.63) is 10.6 Å². The standard InChI is InChI=1S/C13H19N3O3S/c1-8-11(20-13(14)15-8)12(19)16-7-3-2-4-9(16)5-6-10(17)18/h9H,2-7H2,1H3,(H2,14,15)(H,17,18). The molecule has 1 aromatic rings. The highest BCUT2D eigenvalue weighted by atomic mass is 32.1. The van der Waals surface area contributed by atoms with Crippen molar-refractivity contribution in [3.63, 3.8) is 0 Å². The number of nitrogens with zero attached hydrogens (tertiary/aromatic N) is 2. The molecule has 0 aromatic carbocycles. The fraction of sp³-hybridized carbons (Fsp3) is 0.615. The van der Waals surface area contributed by atoms with E-state index in [0.29, 0.717) is 28.7 Å². The first-order chi connectivity index (χ1) is 9.49. The lowest BCUT2D eigenvalue weighted by molar-refractivity contribution is -0.137. The number of anilines is 1. The van der Waals surface area contributed by atoms with Crippen LogP contribution in [0.15, 0.2) is 0 Å². The molecule has 1 unspecified atom stereocenters. The second-order valence-corrected chi connectivity index (χ2v) is 6.08. The van der Waals surface area contributed by atoms with Crippen LogP contribution >= 0.6 is 11.3 Å². The van der Waals surface area contributed by atoms with Crippen LogP contribution in [0.2, 0.25) is 0 Å². The summed E-state index contributed by atoms with van der Waals surface area (Å²) in [6.45, 7) is 2.46. The Kier molecular flexibility index (Phi) is 4.59. The van der Waals surface area contributed by atoms with Crippen LogP contribution in [0.3, 0.4) is 0 Å². The molecule has 7 heteroatoms. The minimum atomic E-state index is -0.818. The highest BCUT2D eigenvalue weighted by Crippen LogP contribution is 2.27. The van der Waals surface area contributed by atoms with Gasteiger partial charge in [-0.3, -0.25) is 9.59 Å². The Hall–Kier alpha value is -1.63. The number of carbonyl (C=O) groups excluding carboxylic acids is 1. The lowest BCUT2D eigenvalue weighted by Crippen LogP contribution is -2.43. The average Bonchev–Trinajstić information content (AvgIpc) is 2.75. The maximum absolute atomic E-state index is 12.6. The van der Waals surface area contributed by atoms with Crippen molar-refractivity contribution >= 4 is 28.3 Å². The number of carboxylic acid groups (broad SMARTS) is 1. The Bertz CT molecular complexity index is 515. The van der Waals surface area contributed by atoms with Crippen molar-refractivity contribution in [2.45, 2.75) is 45.1 Å². The highest BCUT2D eigenvalue weighted by molar-refractivity contribution is 7.17. The van der Waals surface area contributed by atoms with E-state index in [2.05, 4.69) is 4.98 Å². The molecule has 1 aromatic heterocycles. The van der Waals surface area contributed by atoms with Gasteiger partial charge < -0.3 is 15.7 Å². The van der Waals surface area contributed by atoms with E-state index >= 15 is 0 Å². The van der Waals surface area contributed by atoms with Gasteiger partial charge in [0.05, 0.1) is 5.69 Å². The quantitative estimate of drug-likeness (QED) is 0.884. The molecule has 1 fully saturated rings. The van der Waals surface area contributed by atoms with Gasteiger partial charge in [0.2, 0.25) is 0 Å². The van der Waals surface area contributed by atoms with E-state index in [1.54, 1.807) is 11.8 Å². The van der Waals surface area contributed by atoms with Crippen LogP contribution in [0.4, 0.5) is 5.13 Å². The summed E-state index contributed by atoms with van der Waals surface area (Å²) in [6, 6.07) is 0.00933. The number of hydrogen-bond donors (Lipinski definition) is 2. The fourth-order valence-corrected chi connectivity index (χ4v) is 3.39. The molecule has 6 nitrogen and oxygen atoms in total. The van der Waals surface area contributed by atoms with E-state index in [-0.39, 0.29) is 18.4 Å². The molecule has 20 heavy (non-hydrogen) atoms. The number of aromatic nitrogens is 1. The molecule has 1 atom stereocenters. The van der Waals surface area contributed by atoms with Gasteiger partial charge >= 0.3 is 5.97 Å². The first-order valence-electron chi connectivity index (χ1n) is 6.74. The number of amides is 1. The van der Waals surface area contributed by atoms with Gasteiger partial charge in [-0.1, -0.05) is 11.3 Å². The Morgan fingerprint density at radius 3 is 2.85 bits per heavy atom. The van der Waals surface area contributed by atoms with Crippen molar-refractivity contribution < 1.29 is 14.7 Å². The van der Waals surface area contributed by atoms with Gasteiger partial charge in [0.25, 0.3) is 5.91 Å². The van der Waals surface area contributed by atoms with E-state index < -0.39 is 5.97 Å². The molecule has 0 aliphatic carbocycles. The Balaban J connectivity index is 2.12. The van der Waals surface area contributed by atoms with Gasteiger partial charge in [0.1, 0.15) is 4.88 Å². The molecular formula is C13H19N3O3S. The third kappa shape index (κ3) is 3.27. The maximum atomic E-state index is 12.6. The second kappa shape index (κ2) is 6.21. The van der Waals surface area contributed by atoms with E-state index in [0.717, 1.165) is 19.3 Å². The number of aliphatic carboxylic acids is 1. The monoisotopic (exact) mass is 297 g/mol. The zero-order valence-electron chi connectivity index (χ0n) is 11.5. The molecule has 0 radical (unpaired) electrons. The molecule has 1 aliphatic heterocycles. The first-order valence-corrected chi connectivity index (χ1v) is 7.56. The van der Waals surface area contributed by atoms with Gasteiger partial charge in [0.15, 0.2) is 5.13 Å². The van der Waals surface area contributed by atoms with Crippen molar-refractivity contribution in [1.29, 1.82) is 0 Å². The number of carboxylic acids is 1. The van der Waals surface area contributed by atoms with Gasteiger partial charge in [-0.15, -0.1) is 0 Å². The molecule has 1 amide bonds. The van der Waals surface area contributed by atoms with Crippen molar-refractivity contribution in [3.8, 4) is 0 Å². The van der Waals surface area contributed by atoms with Gasteiger partial charge in [-0.25, -0.2) is 4.98 Å². The molecule has 2 heterocycles. The van der Waals surface area contributed by atoms with Crippen LogP contribution in [0, 0.1) is 6.92 Å². The van der Waals surface area contributed by atoms with Crippen LogP contribution in [0.25, 0.3) is 0 Å². The van der Waals surface area contributed by atoms with Crippen molar-refractivity contribution in [2.75, 3.05) is 12.3 Å². The van der Waals surface area contributed by atoms with Gasteiger partial charge in [-0.2, -0.15) is 0 Å². The lowest BCUT2D eigenvalue weighted by Gasteiger charge is -2.35. The second-order valence-electron chi connectivity index (χ2n) is 5.05. The zero-order chi connectivity index (χ0) is 14.7. The van der Waals surface area contributed by atoms with Crippen molar-refractivity contribution in [2.24, 2.45) is 0 Å². The number of likely N-dealkylation sites (tertiary alicyclic amines) is 1. The van der Waals surface area contributed by atoms with Crippen LogP contribution < -0.4 is 5.73 Å². The normalized spacial score (nSPS) is 19.1. The average molecular weight is 297 g/mol. The molecule has 110 valence electrons. The summed E-state index contributed by atoms with van der Waals surface area (Å²) in [7, 11) is 0. The number of thiazole rings is 1. The predicted molar refractivity (Wildman–Crippen MR) is 76.8 cm³/mol. The van der Waals surface area contributed by atoms with Gasteiger partial charge in [0, 0.05) is 19.0 Å². The Labute approximate surface area is 121 Å². The Morgan fingerprint density at radius 2 is 2.25 bits per heavy atom. The number of aryl methyl sites for hydroxylation is 1. The highest BCUT2D eigenvalue weighted by Gasteiger charge is 2.29. The lowest BCUT2D eigenvalue weighted by atomic mass is 9.97. The van der Waals surface area contributed by atoms with Crippen LogP contribution in [0.5, 0.6) is 0 Å². The zero-order valence-corrected chi connectivity index (χ0v) is 12.3. The number of rotatable bonds is 4. The van der Waals surface area contributed by atoms with E-state index in [1.807, 2.05) is 0 Å². The summed E-state index contributed by atoms with van der Waals surface area (Å²) in [4.78, 5) is 29.8. The van der Waals surface area contributed by atoms with Crippen LogP contribution in [-0.4, -0.2) is 39.5 Å².